The molecule has 4 aromatic rings. The Bertz CT molecular complexity index is 1830. The second-order valence-corrected chi connectivity index (χ2v) is 13.9. The molecular formula is C35H39Cl2N9. The summed E-state index contributed by atoms with van der Waals surface area (Å²) >= 11 is 13.3. The first-order chi connectivity index (χ1) is 22.0. The van der Waals surface area contributed by atoms with E-state index in [9.17, 15) is 5.26 Å². The van der Waals surface area contributed by atoms with Crippen LogP contribution < -0.4 is 21.6 Å². The minimum Gasteiger partial charge on any atom is -0.373 e. The number of hydrogen-bond donors (Lipinski definition) is 4. The van der Waals surface area contributed by atoms with E-state index >= 15 is 0 Å². The zero-order valence-corrected chi connectivity index (χ0v) is 28.3. The molecule has 2 aliphatic rings. The number of aryl methyl sites for hydroxylation is 2. The summed E-state index contributed by atoms with van der Waals surface area (Å²) in [7, 11) is 0. The minimum atomic E-state index is -0.271. The van der Waals surface area contributed by atoms with Gasteiger partial charge in [-0.15, -0.1) is 5.53 Å². The Labute approximate surface area is 280 Å². The Morgan fingerprint density at radius 1 is 1.00 bits per heavy atom. The van der Waals surface area contributed by atoms with Gasteiger partial charge < -0.3 is 16.1 Å². The third-order valence-electron chi connectivity index (χ3n) is 8.75. The summed E-state index contributed by atoms with van der Waals surface area (Å²) in [6.45, 7) is 12.9. The summed E-state index contributed by atoms with van der Waals surface area (Å²) in [5.74, 6) is 0. The van der Waals surface area contributed by atoms with Crippen molar-refractivity contribution in [1.82, 2.24) is 30.8 Å². The van der Waals surface area contributed by atoms with Crippen LogP contribution in [-0.4, -0.2) is 44.5 Å². The summed E-state index contributed by atoms with van der Waals surface area (Å²) < 4.78 is 0. The molecule has 2 aromatic heterocycles. The minimum absolute atomic E-state index is 0.170. The number of hydrazine groups is 2. The van der Waals surface area contributed by atoms with Gasteiger partial charge in [0, 0.05) is 71.2 Å². The van der Waals surface area contributed by atoms with E-state index in [0.29, 0.717) is 38.2 Å². The third-order valence-corrected chi connectivity index (χ3v) is 9.45. The second-order valence-electron chi connectivity index (χ2n) is 13.1. The SMILES string of the molecule is Cc1cncc([C@H](Nc2cc(Cl)c3ncc(C#N)c(Nc4ccc(C)c(Cl)c4)c3c2)C2=CN(C3CCN(C(C)(C)C)CC3)NN2)c1. The summed E-state index contributed by atoms with van der Waals surface area (Å²) in [6.07, 6.45) is 9.56. The fraction of sp³-hybridized carbons (Fsp3) is 0.343. The van der Waals surface area contributed by atoms with E-state index in [1.165, 1.54) is 0 Å². The van der Waals surface area contributed by atoms with E-state index in [-0.39, 0.29) is 11.6 Å². The van der Waals surface area contributed by atoms with Crippen LogP contribution in [0.25, 0.3) is 10.9 Å². The fourth-order valence-electron chi connectivity index (χ4n) is 6.12. The zero-order valence-electron chi connectivity index (χ0n) is 26.7. The van der Waals surface area contributed by atoms with Gasteiger partial charge >= 0.3 is 0 Å². The normalized spacial score (nSPS) is 16.6. The molecule has 4 heterocycles. The van der Waals surface area contributed by atoms with E-state index in [1.54, 1.807) is 6.20 Å². The number of fused-ring (bicyclic) bond motifs is 1. The topological polar surface area (TPSA) is 104 Å². The third kappa shape index (κ3) is 6.72. The van der Waals surface area contributed by atoms with Crippen molar-refractivity contribution in [2.75, 3.05) is 23.7 Å². The molecule has 2 aliphatic heterocycles. The molecule has 4 N–H and O–H groups in total. The Morgan fingerprint density at radius 3 is 2.46 bits per heavy atom. The second kappa shape index (κ2) is 13.0. The number of rotatable bonds is 7. The van der Waals surface area contributed by atoms with Gasteiger partial charge in [0.25, 0.3) is 0 Å². The molecule has 0 radical (unpaired) electrons. The van der Waals surface area contributed by atoms with Crippen LogP contribution in [0.15, 0.2) is 66.9 Å². The molecule has 9 nitrogen and oxygen atoms in total. The van der Waals surface area contributed by atoms with Gasteiger partial charge in [-0.1, -0.05) is 35.3 Å². The molecule has 0 amide bonds. The lowest BCUT2D eigenvalue weighted by Gasteiger charge is -2.42. The number of benzene rings is 2. The Kier molecular flexibility index (Phi) is 8.99. The highest BCUT2D eigenvalue weighted by Gasteiger charge is 2.32. The van der Waals surface area contributed by atoms with Crippen LogP contribution in [-0.2, 0) is 0 Å². The quantitative estimate of drug-likeness (QED) is 0.159. The predicted octanol–water partition coefficient (Wildman–Crippen LogP) is 7.75. The molecule has 0 bridgehead atoms. The highest BCUT2D eigenvalue weighted by Crippen LogP contribution is 2.37. The van der Waals surface area contributed by atoms with E-state index in [0.717, 1.165) is 59.7 Å². The Hall–Kier alpha value is -4.07. The number of pyridine rings is 2. The maximum atomic E-state index is 10.0. The summed E-state index contributed by atoms with van der Waals surface area (Å²) in [4.78, 5) is 11.6. The molecule has 1 saturated heterocycles. The first-order valence-corrected chi connectivity index (χ1v) is 16.3. The number of nitrogens with one attached hydrogen (secondary N) is 4. The standard InChI is InChI=1S/C35H39Cl2N9/c1-21-12-23(18-39-17-21)33(31-20-46(44-43-31)27-8-10-45(11-9-27)35(3,4)5)42-26-13-28-32(41-25-7-6-22(2)29(36)14-25)24(16-38)19-40-34(28)30(37)15-26/h6-7,12-15,17-20,27,33,42-44H,8-11H2,1-5H3,(H,40,41)/t33-/m0/s1. The zero-order chi connectivity index (χ0) is 32.6. The number of nitrogens with zero attached hydrogens (tertiary/aromatic N) is 5. The first kappa shape index (κ1) is 31.9. The summed E-state index contributed by atoms with van der Waals surface area (Å²) in [6, 6.07) is 14.1. The molecule has 2 aromatic carbocycles. The number of piperidine rings is 1. The van der Waals surface area contributed by atoms with Gasteiger partial charge in [-0.05, 0) is 88.4 Å². The Balaban J connectivity index is 1.34. The van der Waals surface area contributed by atoms with Crippen LogP contribution in [0.4, 0.5) is 17.1 Å². The largest absolute Gasteiger partial charge is 0.373 e. The lowest BCUT2D eigenvalue weighted by atomic mass is 9.98. The first-order valence-electron chi connectivity index (χ1n) is 15.5. The van der Waals surface area contributed by atoms with Gasteiger partial charge in [-0.3, -0.25) is 19.9 Å². The summed E-state index contributed by atoms with van der Waals surface area (Å²) in [5, 5.41) is 21.1. The van der Waals surface area contributed by atoms with Crippen molar-refractivity contribution in [3.8, 4) is 6.07 Å². The van der Waals surface area contributed by atoms with Crippen molar-refractivity contribution in [2.45, 2.75) is 65.1 Å². The molecule has 1 fully saturated rings. The van der Waals surface area contributed by atoms with Crippen LogP contribution in [0.5, 0.6) is 0 Å². The molecule has 0 spiro atoms. The van der Waals surface area contributed by atoms with Crippen LogP contribution in [0.3, 0.4) is 0 Å². The van der Waals surface area contributed by atoms with Crippen molar-refractivity contribution in [1.29, 1.82) is 5.26 Å². The van der Waals surface area contributed by atoms with Crippen molar-refractivity contribution < 1.29 is 0 Å². The maximum Gasteiger partial charge on any atom is 0.103 e. The molecule has 11 heteroatoms. The number of anilines is 3. The van der Waals surface area contributed by atoms with Gasteiger partial charge in [-0.2, -0.15) is 5.26 Å². The molecule has 0 unspecified atom stereocenters. The van der Waals surface area contributed by atoms with Crippen molar-refractivity contribution in [3.05, 3.63) is 99.2 Å². The average molecular weight is 657 g/mol. The van der Waals surface area contributed by atoms with Gasteiger partial charge in [0.1, 0.15) is 6.07 Å². The number of halogens is 2. The van der Waals surface area contributed by atoms with E-state index < -0.39 is 0 Å². The van der Waals surface area contributed by atoms with Crippen molar-refractivity contribution >= 4 is 51.2 Å². The maximum absolute atomic E-state index is 10.0. The van der Waals surface area contributed by atoms with Crippen LogP contribution in [0.1, 0.15) is 61.9 Å². The monoisotopic (exact) mass is 655 g/mol. The number of hydrogen-bond acceptors (Lipinski definition) is 9. The highest BCUT2D eigenvalue weighted by molar-refractivity contribution is 6.36. The average Bonchev–Trinajstić information content (AvgIpc) is 3.52. The van der Waals surface area contributed by atoms with Crippen molar-refractivity contribution in [2.24, 2.45) is 0 Å². The fourth-order valence-corrected chi connectivity index (χ4v) is 6.57. The lowest BCUT2D eigenvalue weighted by Crippen LogP contribution is -2.52. The number of likely N-dealkylation sites (tertiary alicyclic amines) is 1. The number of nitriles is 1. The molecule has 6 rings (SSSR count). The molecule has 0 saturated carbocycles. The van der Waals surface area contributed by atoms with E-state index in [2.05, 4.69) is 80.6 Å². The van der Waals surface area contributed by atoms with E-state index in [1.807, 2.05) is 56.6 Å². The lowest BCUT2D eigenvalue weighted by molar-refractivity contribution is 0.0570. The van der Waals surface area contributed by atoms with E-state index in [4.69, 9.17) is 23.2 Å². The van der Waals surface area contributed by atoms with Gasteiger partial charge in [0.05, 0.1) is 33.5 Å². The number of aromatic nitrogens is 2. The predicted molar refractivity (Wildman–Crippen MR) is 187 cm³/mol. The van der Waals surface area contributed by atoms with Gasteiger partial charge in [0.2, 0.25) is 0 Å². The Morgan fingerprint density at radius 2 is 1.76 bits per heavy atom. The summed E-state index contributed by atoms with van der Waals surface area (Å²) in [5.41, 5.74) is 14.1. The van der Waals surface area contributed by atoms with Crippen LogP contribution >= 0.6 is 23.2 Å². The molecule has 238 valence electrons. The van der Waals surface area contributed by atoms with Crippen molar-refractivity contribution in [3.63, 3.8) is 0 Å². The van der Waals surface area contributed by atoms with Crippen LogP contribution in [0.2, 0.25) is 10.0 Å². The highest BCUT2D eigenvalue weighted by atomic mass is 35.5. The molecular weight excluding hydrogens is 617 g/mol. The molecule has 1 atom stereocenters. The van der Waals surface area contributed by atoms with Gasteiger partial charge in [0.15, 0.2) is 0 Å². The molecule has 46 heavy (non-hydrogen) atoms. The van der Waals surface area contributed by atoms with Crippen LogP contribution in [0, 0.1) is 25.2 Å². The molecule has 0 aliphatic carbocycles. The van der Waals surface area contributed by atoms with Gasteiger partial charge in [-0.25, -0.2) is 0 Å². The smallest absolute Gasteiger partial charge is 0.103 e.